The number of rotatable bonds is 3. The second-order valence-corrected chi connectivity index (χ2v) is 5.57. The number of halogens is 6. The molecule has 0 aliphatic rings. The van der Waals surface area contributed by atoms with Crippen LogP contribution in [0.4, 0.5) is 17.6 Å². The van der Waals surface area contributed by atoms with Crippen LogP contribution in [-0.4, -0.2) is 7.05 Å². The van der Waals surface area contributed by atoms with Crippen molar-refractivity contribution in [1.29, 1.82) is 0 Å². The molecule has 2 rings (SSSR count). The van der Waals surface area contributed by atoms with E-state index < -0.39 is 29.3 Å². The third-order valence-electron chi connectivity index (χ3n) is 2.98. The summed E-state index contributed by atoms with van der Waals surface area (Å²) in [6.45, 7) is 0. The van der Waals surface area contributed by atoms with Crippen LogP contribution in [0.3, 0.4) is 0 Å². The maximum atomic E-state index is 14.0. The molecule has 0 amide bonds. The predicted octanol–water partition coefficient (Wildman–Crippen LogP) is 4.97. The molecule has 0 spiro atoms. The van der Waals surface area contributed by atoms with Gasteiger partial charge in [0.2, 0.25) is 0 Å². The average Bonchev–Trinajstić information content (AvgIpc) is 2.42. The van der Waals surface area contributed by atoms with E-state index in [1.165, 1.54) is 13.1 Å². The monoisotopic (exact) mass is 381 g/mol. The first-order valence-electron chi connectivity index (χ1n) is 5.81. The average molecular weight is 383 g/mol. The van der Waals surface area contributed by atoms with Gasteiger partial charge in [-0.25, -0.2) is 17.6 Å². The van der Waals surface area contributed by atoms with Crippen molar-refractivity contribution < 1.29 is 17.6 Å². The molecule has 1 nitrogen and oxygen atoms in total. The Balaban J connectivity index is 2.57. The van der Waals surface area contributed by atoms with Crippen molar-refractivity contribution in [3.8, 4) is 0 Å². The lowest BCUT2D eigenvalue weighted by atomic mass is 9.98. The Morgan fingerprint density at radius 3 is 2.10 bits per heavy atom. The van der Waals surface area contributed by atoms with Crippen LogP contribution in [0.5, 0.6) is 0 Å². The molecule has 0 saturated heterocycles. The van der Waals surface area contributed by atoms with Crippen LogP contribution in [0.2, 0.25) is 5.02 Å². The van der Waals surface area contributed by atoms with Crippen LogP contribution < -0.4 is 5.32 Å². The summed E-state index contributed by atoms with van der Waals surface area (Å²) in [7, 11) is 1.49. The van der Waals surface area contributed by atoms with Crippen LogP contribution in [0, 0.1) is 23.3 Å². The van der Waals surface area contributed by atoms with Crippen molar-refractivity contribution in [3.05, 3.63) is 68.2 Å². The van der Waals surface area contributed by atoms with Gasteiger partial charge >= 0.3 is 0 Å². The van der Waals surface area contributed by atoms with E-state index in [2.05, 4.69) is 21.2 Å². The Morgan fingerprint density at radius 1 is 1.00 bits per heavy atom. The molecule has 7 heteroatoms. The molecule has 21 heavy (non-hydrogen) atoms. The molecule has 1 unspecified atom stereocenters. The van der Waals surface area contributed by atoms with Crippen molar-refractivity contribution in [2.24, 2.45) is 0 Å². The van der Waals surface area contributed by atoms with Crippen molar-refractivity contribution in [2.75, 3.05) is 7.05 Å². The molecule has 1 atom stereocenters. The molecule has 0 aliphatic heterocycles. The fourth-order valence-electron chi connectivity index (χ4n) is 2.00. The standard InChI is InChI=1S/C14H9BrClF4N/c1-21-14(6-2-11(18)13(20)12(19)3-6)7-4-9(16)8(15)5-10(7)17/h2-5,14,21H,1H3. The van der Waals surface area contributed by atoms with Gasteiger partial charge in [-0.3, -0.25) is 0 Å². The SMILES string of the molecule is CNC(c1cc(F)c(F)c(F)c1)c1cc(Cl)c(Br)cc1F. The lowest BCUT2D eigenvalue weighted by Gasteiger charge is -2.19. The third-order valence-corrected chi connectivity index (χ3v) is 4.18. The van der Waals surface area contributed by atoms with Gasteiger partial charge in [0, 0.05) is 10.0 Å². The second-order valence-electron chi connectivity index (χ2n) is 4.31. The Labute approximate surface area is 132 Å². The molecular formula is C14H9BrClF4N. The Bertz CT molecular complexity index is 670. The molecular weight excluding hydrogens is 374 g/mol. The van der Waals surface area contributed by atoms with Crippen LogP contribution in [0.15, 0.2) is 28.7 Å². The molecule has 0 radical (unpaired) electrons. The Morgan fingerprint density at radius 2 is 1.57 bits per heavy atom. The molecule has 0 aliphatic carbocycles. The highest BCUT2D eigenvalue weighted by molar-refractivity contribution is 9.10. The van der Waals surface area contributed by atoms with Gasteiger partial charge < -0.3 is 5.32 Å². The molecule has 0 fully saturated rings. The number of hydrogen-bond donors (Lipinski definition) is 1. The van der Waals surface area contributed by atoms with E-state index in [0.29, 0.717) is 4.47 Å². The highest BCUT2D eigenvalue weighted by atomic mass is 79.9. The highest BCUT2D eigenvalue weighted by Crippen LogP contribution is 2.32. The molecule has 0 heterocycles. The first kappa shape index (κ1) is 16.3. The van der Waals surface area contributed by atoms with Gasteiger partial charge in [0.05, 0.1) is 11.1 Å². The summed E-state index contributed by atoms with van der Waals surface area (Å²) in [5, 5.41) is 2.97. The van der Waals surface area contributed by atoms with E-state index in [9.17, 15) is 17.6 Å². The largest absolute Gasteiger partial charge is 0.309 e. The van der Waals surface area contributed by atoms with Gasteiger partial charge in [-0.05, 0) is 52.8 Å². The minimum Gasteiger partial charge on any atom is -0.309 e. The fraction of sp³-hybridized carbons (Fsp3) is 0.143. The van der Waals surface area contributed by atoms with Crippen LogP contribution in [0.25, 0.3) is 0 Å². The van der Waals surface area contributed by atoms with Gasteiger partial charge in [0.15, 0.2) is 17.5 Å². The number of nitrogens with one attached hydrogen (secondary N) is 1. The first-order chi connectivity index (χ1) is 9.85. The van der Waals surface area contributed by atoms with E-state index in [4.69, 9.17) is 11.6 Å². The zero-order valence-electron chi connectivity index (χ0n) is 10.7. The van der Waals surface area contributed by atoms with Crippen LogP contribution in [0.1, 0.15) is 17.2 Å². The molecule has 0 aromatic heterocycles. The molecule has 2 aromatic carbocycles. The van der Waals surface area contributed by atoms with Crippen molar-refractivity contribution in [1.82, 2.24) is 5.32 Å². The molecule has 0 saturated carbocycles. The maximum Gasteiger partial charge on any atom is 0.194 e. The predicted molar refractivity (Wildman–Crippen MR) is 76.3 cm³/mol. The van der Waals surface area contributed by atoms with Crippen molar-refractivity contribution in [2.45, 2.75) is 6.04 Å². The summed E-state index contributed by atoms with van der Waals surface area (Å²) in [6.07, 6.45) is 0. The topological polar surface area (TPSA) is 12.0 Å². The van der Waals surface area contributed by atoms with Crippen LogP contribution in [-0.2, 0) is 0 Å². The summed E-state index contributed by atoms with van der Waals surface area (Å²) in [5.74, 6) is -4.86. The number of hydrogen-bond acceptors (Lipinski definition) is 1. The third kappa shape index (κ3) is 3.22. The quantitative estimate of drug-likeness (QED) is 0.449. The maximum absolute atomic E-state index is 14.0. The van der Waals surface area contributed by atoms with Gasteiger partial charge in [-0.2, -0.15) is 0 Å². The highest BCUT2D eigenvalue weighted by Gasteiger charge is 2.21. The van der Waals surface area contributed by atoms with E-state index in [0.717, 1.165) is 18.2 Å². The van der Waals surface area contributed by atoms with Gasteiger partial charge in [-0.1, -0.05) is 11.6 Å². The van der Waals surface area contributed by atoms with Crippen molar-refractivity contribution in [3.63, 3.8) is 0 Å². The summed E-state index contributed by atoms with van der Waals surface area (Å²) in [4.78, 5) is 0. The van der Waals surface area contributed by atoms with Crippen molar-refractivity contribution >= 4 is 27.5 Å². The van der Waals surface area contributed by atoms with Crippen LogP contribution >= 0.6 is 27.5 Å². The molecule has 1 N–H and O–H groups in total. The molecule has 112 valence electrons. The summed E-state index contributed by atoms with van der Waals surface area (Å²) in [6, 6.07) is 3.24. The lowest BCUT2D eigenvalue weighted by Crippen LogP contribution is -2.20. The normalized spacial score (nSPS) is 12.5. The minimum atomic E-state index is -1.57. The summed E-state index contributed by atoms with van der Waals surface area (Å²) >= 11 is 8.99. The van der Waals surface area contributed by atoms with E-state index in [1.54, 1.807) is 0 Å². The van der Waals surface area contributed by atoms with Gasteiger partial charge in [0.1, 0.15) is 5.82 Å². The van der Waals surface area contributed by atoms with E-state index in [1.807, 2.05) is 0 Å². The Kier molecular flexibility index (Phi) is 4.91. The first-order valence-corrected chi connectivity index (χ1v) is 6.98. The zero-order valence-corrected chi connectivity index (χ0v) is 13.0. The summed E-state index contributed by atoms with van der Waals surface area (Å²) in [5.41, 5.74) is 0.141. The zero-order chi connectivity index (χ0) is 15.7. The summed E-state index contributed by atoms with van der Waals surface area (Å²) < 4.78 is 54.1. The molecule has 0 bridgehead atoms. The second kappa shape index (κ2) is 6.34. The van der Waals surface area contributed by atoms with E-state index >= 15 is 0 Å². The minimum absolute atomic E-state index is 0.0474. The Hall–Kier alpha value is -1.11. The van der Waals surface area contributed by atoms with Gasteiger partial charge in [0.25, 0.3) is 0 Å². The fourth-order valence-corrected chi connectivity index (χ4v) is 2.49. The van der Waals surface area contributed by atoms with E-state index in [-0.39, 0.29) is 16.1 Å². The lowest BCUT2D eigenvalue weighted by molar-refractivity contribution is 0.442. The smallest absolute Gasteiger partial charge is 0.194 e. The van der Waals surface area contributed by atoms with Gasteiger partial charge in [-0.15, -0.1) is 0 Å². The molecule has 2 aromatic rings. The number of benzene rings is 2.